The third kappa shape index (κ3) is 4.39. The normalized spacial score (nSPS) is 12.8. The molecule has 0 bridgehead atoms. The first-order valence-corrected chi connectivity index (χ1v) is 7.39. The molecule has 20 heavy (non-hydrogen) atoms. The van der Waals surface area contributed by atoms with Gasteiger partial charge in [-0.1, -0.05) is 0 Å². The van der Waals surface area contributed by atoms with Crippen LogP contribution in [0.5, 0.6) is 5.75 Å². The topological polar surface area (TPSA) is 102 Å². The minimum absolute atomic E-state index is 0.0415. The standard InChI is InChI=1S/C12H17NO6S/c1-8(18-2)7-20(16,17)13-11-6-9(19-3)4-5-10(11)12(14)15/h4-6,8,13H,7H2,1-3H3,(H,14,15). The molecule has 0 fully saturated rings. The van der Waals surface area contributed by atoms with Crippen molar-refractivity contribution in [1.82, 2.24) is 0 Å². The van der Waals surface area contributed by atoms with Crippen LogP contribution in [0.1, 0.15) is 17.3 Å². The molecule has 112 valence electrons. The second-order valence-electron chi connectivity index (χ2n) is 4.15. The van der Waals surface area contributed by atoms with Crippen LogP contribution < -0.4 is 9.46 Å². The molecule has 1 aromatic carbocycles. The number of ether oxygens (including phenoxy) is 2. The Morgan fingerprint density at radius 1 is 1.40 bits per heavy atom. The van der Waals surface area contributed by atoms with E-state index in [1.165, 1.54) is 32.4 Å². The summed E-state index contributed by atoms with van der Waals surface area (Å²) < 4.78 is 35.9. The predicted molar refractivity (Wildman–Crippen MR) is 73.8 cm³/mol. The second kappa shape index (κ2) is 6.58. The fourth-order valence-corrected chi connectivity index (χ4v) is 2.85. The van der Waals surface area contributed by atoms with Crippen molar-refractivity contribution in [2.24, 2.45) is 0 Å². The van der Waals surface area contributed by atoms with Crippen LogP contribution in [-0.4, -0.2) is 45.6 Å². The molecule has 1 rings (SSSR count). The lowest BCUT2D eigenvalue weighted by atomic mass is 10.2. The highest BCUT2D eigenvalue weighted by Gasteiger charge is 2.19. The molecular formula is C12H17NO6S. The molecule has 0 aliphatic rings. The lowest BCUT2D eigenvalue weighted by Gasteiger charge is -2.14. The number of anilines is 1. The van der Waals surface area contributed by atoms with Crippen molar-refractivity contribution >= 4 is 21.7 Å². The van der Waals surface area contributed by atoms with E-state index in [2.05, 4.69) is 4.72 Å². The summed E-state index contributed by atoms with van der Waals surface area (Å²) in [6.45, 7) is 1.60. The van der Waals surface area contributed by atoms with Crippen LogP contribution in [0.4, 0.5) is 5.69 Å². The number of nitrogens with one attached hydrogen (secondary N) is 1. The number of rotatable bonds is 7. The maximum atomic E-state index is 11.9. The number of carboxylic acid groups (broad SMARTS) is 1. The fourth-order valence-electron chi connectivity index (χ4n) is 1.51. The van der Waals surface area contributed by atoms with E-state index >= 15 is 0 Å². The number of carbonyl (C=O) groups is 1. The van der Waals surface area contributed by atoms with E-state index in [1.807, 2.05) is 0 Å². The molecule has 0 heterocycles. The van der Waals surface area contributed by atoms with Gasteiger partial charge in [0.1, 0.15) is 5.75 Å². The lowest BCUT2D eigenvalue weighted by Crippen LogP contribution is -2.26. The average molecular weight is 303 g/mol. The van der Waals surface area contributed by atoms with Gasteiger partial charge in [-0.25, -0.2) is 13.2 Å². The van der Waals surface area contributed by atoms with Crippen molar-refractivity contribution in [3.63, 3.8) is 0 Å². The van der Waals surface area contributed by atoms with Gasteiger partial charge in [0.2, 0.25) is 10.0 Å². The van der Waals surface area contributed by atoms with Crippen LogP contribution in [0, 0.1) is 0 Å². The van der Waals surface area contributed by atoms with Gasteiger partial charge in [0.25, 0.3) is 0 Å². The first-order valence-electron chi connectivity index (χ1n) is 5.73. The van der Waals surface area contributed by atoms with Gasteiger partial charge in [0.15, 0.2) is 0 Å². The van der Waals surface area contributed by atoms with Crippen LogP contribution in [0.3, 0.4) is 0 Å². The summed E-state index contributed by atoms with van der Waals surface area (Å²) in [5.41, 5.74) is -0.195. The maximum Gasteiger partial charge on any atom is 0.337 e. The van der Waals surface area contributed by atoms with Crippen molar-refractivity contribution in [1.29, 1.82) is 0 Å². The van der Waals surface area contributed by atoms with Gasteiger partial charge in [-0.3, -0.25) is 4.72 Å². The number of benzene rings is 1. The first kappa shape index (κ1) is 16.3. The number of aromatic carboxylic acids is 1. The van der Waals surface area contributed by atoms with Gasteiger partial charge >= 0.3 is 5.97 Å². The van der Waals surface area contributed by atoms with Crippen molar-refractivity contribution in [3.05, 3.63) is 23.8 Å². The number of methoxy groups -OCH3 is 2. The summed E-state index contributed by atoms with van der Waals surface area (Å²) in [4.78, 5) is 11.1. The number of hydrogen-bond donors (Lipinski definition) is 2. The Balaban J connectivity index is 3.09. The molecule has 0 radical (unpaired) electrons. The first-order chi connectivity index (χ1) is 9.29. The Morgan fingerprint density at radius 2 is 2.05 bits per heavy atom. The Hall–Kier alpha value is -1.80. The molecule has 8 heteroatoms. The third-order valence-electron chi connectivity index (χ3n) is 2.58. The van der Waals surface area contributed by atoms with E-state index in [9.17, 15) is 13.2 Å². The van der Waals surface area contributed by atoms with Crippen LogP contribution in [0.15, 0.2) is 18.2 Å². The average Bonchev–Trinajstić information content (AvgIpc) is 2.36. The van der Waals surface area contributed by atoms with Gasteiger partial charge in [-0.15, -0.1) is 0 Å². The third-order valence-corrected chi connectivity index (χ3v) is 4.02. The quantitative estimate of drug-likeness (QED) is 0.784. The Kier molecular flexibility index (Phi) is 5.34. The number of carboxylic acids is 1. The fraction of sp³-hybridized carbons (Fsp3) is 0.417. The minimum atomic E-state index is -3.72. The second-order valence-corrected chi connectivity index (χ2v) is 5.91. The molecule has 1 aromatic rings. The largest absolute Gasteiger partial charge is 0.497 e. The van der Waals surface area contributed by atoms with Gasteiger partial charge in [0.05, 0.1) is 30.2 Å². The summed E-state index contributed by atoms with van der Waals surface area (Å²) in [5.74, 6) is -1.16. The van der Waals surface area contributed by atoms with E-state index in [0.717, 1.165) is 0 Å². The van der Waals surface area contributed by atoms with E-state index in [-0.39, 0.29) is 17.0 Å². The van der Waals surface area contributed by atoms with E-state index in [1.54, 1.807) is 6.92 Å². The monoisotopic (exact) mass is 303 g/mol. The molecule has 0 aliphatic heterocycles. The molecule has 2 N–H and O–H groups in total. The van der Waals surface area contributed by atoms with E-state index in [4.69, 9.17) is 14.6 Å². The molecule has 1 unspecified atom stereocenters. The zero-order valence-corrected chi connectivity index (χ0v) is 12.2. The molecule has 7 nitrogen and oxygen atoms in total. The molecule has 0 amide bonds. The predicted octanol–water partition coefficient (Wildman–Crippen LogP) is 1.17. The molecule has 0 saturated heterocycles. The highest BCUT2D eigenvalue weighted by molar-refractivity contribution is 7.92. The highest BCUT2D eigenvalue weighted by atomic mass is 32.2. The molecule has 0 aromatic heterocycles. The van der Waals surface area contributed by atoms with Crippen molar-refractivity contribution in [2.45, 2.75) is 13.0 Å². The van der Waals surface area contributed by atoms with Crippen LogP contribution in [-0.2, 0) is 14.8 Å². The molecule has 0 saturated carbocycles. The SMILES string of the molecule is COc1ccc(C(=O)O)c(NS(=O)(=O)CC(C)OC)c1. The highest BCUT2D eigenvalue weighted by Crippen LogP contribution is 2.23. The molecule has 0 aliphatic carbocycles. The van der Waals surface area contributed by atoms with Crippen LogP contribution >= 0.6 is 0 Å². The smallest absolute Gasteiger partial charge is 0.337 e. The van der Waals surface area contributed by atoms with Gasteiger partial charge in [-0.05, 0) is 19.1 Å². The van der Waals surface area contributed by atoms with Gasteiger partial charge in [-0.2, -0.15) is 0 Å². The Morgan fingerprint density at radius 3 is 2.55 bits per heavy atom. The Labute approximate surface area is 117 Å². The van der Waals surface area contributed by atoms with Gasteiger partial charge in [0, 0.05) is 13.2 Å². The zero-order chi connectivity index (χ0) is 15.3. The zero-order valence-electron chi connectivity index (χ0n) is 11.4. The van der Waals surface area contributed by atoms with Gasteiger partial charge < -0.3 is 14.6 Å². The summed E-state index contributed by atoms with van der Waals surface area (Å²) in [6, 6.07) is 4.04. The summed E-state index contributed by atoms with van der Waals surface area (Å²) in [7, 11) is -0.920. The molecule has 1 atom stereocenters. The van der Waals surface area contributed by atoms with Crippen LogP contribution in [0.2, 0.25) is 0 Å². The maximum absolute atomic E-state index is 11.9. The minimum Gasteiger partial charge on any atom is -0.497 e. The van der Waals surface area contributed by atoms with Crippen molar-refractivity contribution < 1.29 is 27.8 Å². The molecule has 0 spiro atoms. The van der Waals surface area contributed by atoms with Crippen molar-refractivity contribution in [3.8, 4) is 5.75 Å². The number of sulfonamides is 1. The molecular weight excluding hydrogens is 286 g/mol. The summed E-state index contributed by atoms with van der Waals surface area (Å²) >= 11 is 0. The van der Waals surface area contributed by atoms with Crippen molar-refractivity contribution in [2.75, 3.05) is 24.7 Å². The number of hydrogen-bond acceptors (Lipinski definition) is 5. The summed E-state index contributed by atoms with van der Waals surface area (Å²) in [6.07, 6.45) is -0.508. The van der Waals surface area contributed by atoms with E-state index in [0.29, 0.717) is 5.75 Å². The summed E-state index contributed by atoms with van der Waals surface area (Å²) in [5, 5.41) is 9.05. The lowest BCUT2D eigenvalue weighted by molar-refractivity contribution is 0.0698. The van der Waals surface area contributed by atoms with E-state index < -0.39 is 22.1 Å². The van der Waals surface area contributed by atoms with Crippen LogP contribution in [0.25, 0.3) is 0 Å². The Bertz CT molecular complexity index is 584.